The second-order valence-corrected chi connectivity index (χ2v) is 6.47. The van der Waals surface area contributed by atoms with Crippen LogP contribution in [0.25, 0.3) is 0 Å². The monoisotopic (exact) mass is 369 g/mol. The van der Waals surface area contributed by atoms with Gasteiger partial charge in [-0.15, -0.1) is 0 Å². The predicted octanol–water partition coefficient (Wildman–Crippen LogP) is 3.78. The number of ether oxygens (including phenoxy) is 1. The van der Waals surface area contributed by atoms with Crippen molar-refractivity contribution in [1.82, 2.24) is 15.1 Å². The molecule has 5 nitrogen and oxygen atoms in total. The molecular formula is C17H21Cl2N3O2. The van der Waals surface area contributed by atoms with Crippen LogP contribution in [0.1, 0.15) is 24.7 Å². The average molecular weight is 370 g/mol. The summed E-state index contributed by atoms with van der Waals surface area (Å²) in [5, 5.41) is 8.15. The molecule has 1 aromatic carbocycles. The number of nitrogens with one attached hydrogen (secondary N) is 1. The third kappa shape index (κ3) is 5.14. The minimum absolute atomic E-state index is 0.186. The second-order valence-electron chi connectivity index (χ2n) is 5.63. The number of hydrogen-bond acceptors (Lipinski definition) is 3. The first kappa shape index (κ1) is 18.6. The van der Waals surface area contributed by atoms with E-state index in [2.05, 4.69) is 10.4 Å². The standard InChI is InChI=1S/C17H21Cl2N3O2/c1-11-9-12(2)22(21-11)8-4-7-20-17(23)13(3)24-16-6-5-14(18)10-15(16)19/h5-6,9-10,13H,4,7-8H2,1-3H3,(H,20,23)/t13-/m1/s1. The normalized spacial score (nSPS) is 12.0. The molecule has 7 heteroatoms. The lowest BCUT2D eigenvalue weighted by atomic mass is 10.3. The lowest BCUT2D eigenvalue weighted by molar-refractivity contribution is -0.127. The Labute approximate surface area is 151 Å². The van der Waals surface area contributed by atoms with Gasteiger partial charge in [0.05, 0.1) is 10.7 Å². The highest BCUT2D eigenvalue weighted by molar-refractivity contribution is 6.35. The van der Waals surface area contributed by atoms with E-state index in [1.165, 1.54) is 0 Å². The zero-order valence-corrected chi connectivity index (χ0v) is 15.5. The van der Waals surface area contributed by atoms with E-state index in [1.54, 1.807) is 25.1 Å². The van der Waals surface area contributed by atoms with Gasteiger partial charge in [0.2, 0.25) is 0 Å². The van der Waals surface area contributed by atoms with Crippen molar-refractivity contribution in [3.8, 4) is 5.75 Å². The van der Waals surface area contributed by atoms with Crippen molar-refractivity contribution in [3.05, 3.63) is 45.7 Å². The molecule has 1 aromatic heterocycles. The summed E-state index contributed by atoms with van der Waals surface area (Å²) in [4.78, 5) is 12.1. The van der Waals surface area contributed by atoms with Crippen LogP contribution in [0, 0.1) is 13.8 Å². The van der Waals surface area contributed by atoms with E-state index in [0.717, 1.165) is 24.4 Å². The van der Waals surface area contributed by atoms with E-state index in [9.17, 15) is 4.79 Å². The fourth-order valence-electron chi connectivity index (χ4n) is 2.30. The quantitative estimate of drug-likeness (QED) is 0.755. The first-order chi connectivity index (χ1) is 11.4. The third-order valence-electron chi connectivity index (χ3n) is 3.52. The summed E-state index contributed by atoms with van der Waals surface area (Å²) in [7, 11) is 0. The van der Waals surface area contributed by atoms with Gasteiger partial charge >= 0.3 is 0 Å². The fourth-order valence-corrected chi connectivity index (χ4v) is 2.75. The molecule has 0 aliphatic carbocycles. The van der Waals surface area contributed by atoms with E-state index in [1.807, 2.05) is 24.6 Å². The molecule has 0 aliphatic rings. The molecule has 0 radical (unpaired) electrons. The maximum atomic E-state index is 12.1. The van der Waals surface area contributed by atoms with Gasteiger partial charge in [-0.1, -0.05) is 23.2 Å². The van der Waals surface area contributed by atoms with Gasteiger partial charge in [0.1, 0.15) is 5.75 Å². The van der Waals surface area contributed by atoms with Crippen molar-refractivity contribution in [2.24, 2.45) is 0 Å². The topological polar surface area (TPSA) is 56.2 Å². The molecule has 0 spiro atoms. The van der Waals surface area contributed by atoms with Crippen molar-refractivity contribution in [1.29, 1.82) is 0 Å². The first-order valence-electron chi connectivity index (χ1n) is 7.77. The summed E-state index contributed by atoms with van der Waals surface area (Å²) in [6, 6.07) is 6.93. The van der Waals surface area contributed by atoms with Crippen molar-refractivity contribution >= 4 is 29.1 Å². The van der Waals surface area contributed by atoms with Crippen molar-refractivity contribution < 1.29 is 9.53 Å². The number of carbonyl (C=O) groups excluding carboxylic acids is 1. The Hall–Kier alpha value is -1.72. The van der Waals surface area contributed by atoms with Crippen LogP contribution in [0.3, 0.4) is 0 Å². The Kier molecular flexibility index (Phi) is 6.52. The summed E-state index contributed by atoms with van der Waals surface area (Å²) < 4.78 is 7.52. The summed E-state index contributed by atoms with van der Waals surface area (Å²) in [6.07, 6.45) is 0.152. The largest absolute Gasteiger partial charge is 0.479 e. The lowest BCUT2D eigenvalue weighted by Gasteiger charge is -2.16. The van der Waals surface area contributed by atoms with Gasteiger partial charge in [-0.05, 0) is 51.5 Å². The minimum atomic E-state index is -0.641. The van der Waals surface area contributed by atoms with Gasteiger partial charge in [0.25, 0.3) is 5.91 Å². The minimum Gasteiger partial charge on any atom is -0.479 e. The molecule has 0 saturated carbocycles. The van der Waals surface area contributed by atoms with Crippen LogP contribution in [0.4, 0.5) is 0 Å². The Morgan fingerprint density at radius 2 is 2.08 bits per heavy atom. The van der Waals surface area contributed by atoms with E-state index in [0.29, 0.717) is 22.3 Å². The molecule has 1 atom stereocenters. The maximum Gasteiger partial charge on any atom is 0.260 e. The Morgan fingerprint density at radius 3 is 2.71 bits per heavy atom. The SMILES string of the molecule is Cc1cc(C)n(CCCNC(=O)[C@@H](C)Oc2ccc(Cl)cc2Cl)n1. The van der Waals surface area contributed by atoms with Gasteiger partial charge in [-0.25, -0.2) is 0 Å². The van der Waals surface area contributed by atoms with Crippen LogP contribution in [-0.2, 0) is 11.3 Å². The third-order valence-corrected chi connectivity index (χ3v) is 4.05. The Bertz CT molecular complexity index is 716. The predicted molar refractivity (Wildman–Crippen MR) is 95.9 cm³/mol. The summed E-state index contributed by atoms with van der Waals surface area (Å²) in [5.41, 5.74) is 2.12. The van der Waals surface area contributed by atoms with E-state index < -0.39 is 6.10 Å². The number of aromatic nitrogens is 2. The summed E-state index contributed by atoms with van der Waals surface area (Å²) in [5.74, 6) is 0.251. The number of hydrogen-bond donors (Lipinski definition) is 1. The molecule has 0 bridgehead atoms. The van der Waals surface area contributed by atoms with Crippen LogP contribution < -0.4 is 10.1 Å². The molecule has 0 fully saturated rings. The number of benzene rings is 1. The van der Waals surface area contributed by atoms with Gasteiger partial charge < -0.3 is 10.1 Å². The second kappa shape index (κ2) is 8.40. The number of amides is 1. The number of rotatable bonds is 7. The van der Waals surface area contributed by atoms with E-state index in [-0.39, 0.29) is 5.91 Å². The molecule has 1 amide bonds. The van der Waals surface area contributed by atoms with Crippen LogP contribution >= 0.6 is 23.2 Å². The lowest BCUT2D eigenvalue weighted by Crippen LogP contribution is -2.37. The van der Waals surface area contributed by atoms with Gasteiger partial charge in [-0.2, -0.15) is 5.10 Å². The zero-order chi connectivity index (χ0) is 17.7. The van der Waals surface area contributed by atoms with Gasteiger partial charge in [-0.3, -0.25) is 9.48 Å². The fraction of sp³-hybridized carbons (Fsp3) is 0.412. The van der Waals surface area contributed by atoms with Crippen molar-refractivity contribution in [3.63, 3.8) is 0 Å². The first-order valence-corrected chi connectivity index (χ1v) is 8.53. The van der Waals surface area contributed by atoms with Crippen LogP contribution in [0.5, 0.6) is 5.75 Å². The highest BCUT2D eigenvalue weighted by Crippen LogP contribution is 2.28. The Balaban J connectivity index is 1.76. The number of carbonyl (C=O) groups is 1. The average Bonchev–Trinajstić information content (AvgIpc) is 2.84. The molecule has 2 rings (SSSR count). The molecule has 1 N–H and O–H groups in total. The van der Waals surface area contributed by atoms with E-state index in [4.69, 9.17) is 27.9 Å². The van der Waals surface area contributed by atoms with Crippen LogP contribution in [0.15, 0.2) is 24.3 Å². The highest BCUT2D eigenvalue weighted by atomic mass is 35.5. The summed E-state index contributed by atoms with van der Waals surface area (Å²) >= 11 is 11.9. The zero-order valence-electron chi connectivity index (χ0n) is 14.0. The van der Waals surface area contributed by atoms with Gasteiger partial charge in [0.15, 0.2) is 6.10 Å². The smallest absolute Gasteiger partial charge is 0.260 e. The maximum absolute atomic E-state index is 12.1. The molecular weight excluding hydrogens is 349 g/mol. The van der Waals surface area contributed by atoms with Gasteiger partial charge in [0, 0.05) is 23.8 Å². The molecule has 0 aliphatic heterocycles. The number of nitrogens with zero attached hydrogens (tertiary/aromatic N) is 2. The molecule has 0 unspecified atom stereocenters. The molecule has 0 saturated heterocycles. The molecule has 1 heterocycles. The van der Waals surface area contributed by atoms with Crippen LogP contribution in [-0.4, -0.2) is 28.3 Å². The van der Waals surface area contributed by atoms with Crippen LogP contribution in [0.2, 0.25) is 10.0 Å². The highest BCUT2D eigenvalue weighted by Gasteiger charge is 2.15. The Morgan fingerprint density at radius 1 is 1.33 bits per heavy atom. The van der Waals surface area contributed by atoms with Crippen molar-refractivity contribution in [2.45, 2.75) is 39.8 Å². The molecule has 2 aromatic rings. The molecule has 24 heavy (non-hydrogen) atoms. The molecule has 130 valence electrons. The summed E-state index contributed by atoms with van der Waals surface area (Å²) in [6.45, 7) is 6.98. The van der Waals surface area contributed by atoms with E-state index >= 15 is 0 Å². The van der Waals surface area contributed by atoms with Crippen molar-refractivity contribution in [2.75, 3.05) is 6.54 Å². The number of aryl methyl sites for hydroxylation is 3. The number of halogens is 2.